The topological polar surface area (TPSA) is 17.1 Å². The Balaban J connectivity index is 3.18. The summed E-state index contributed by atoms with van der Waals surface area (Å²) >= 11 is 0. The lowest BCUT2D eigenvalue weighted by atomic mass is 10.0. The van der Waals surface area contributed by atoms with Crippen LogP contribution in [0.25, 0.3) is 0 Å². The average Bonchev–Trinajstić information content (AvgIpc) is 1.96. The standard InChI is InChI=1S/C10H13OP/c1-7-4-8(2)10(6-12-11)9(3)5-7/h4-5H,6H2,1-3H3. The first-order valence-electron chi connectivity index (χ1n) is 4.01. The van der Waals surface area contributed by atoms with Crippen LogP contribution in [0.4, 0.5) is 0 Å². The summed E-state index contributed by atoms with van der Waals surface area (Å²) in [4.78, 5) is 0. The Morgan fingerprint density at radius 1 is 1.17 bits per heavy atom. The molecule has 2 heteroatoms. The third-order valence-electron chi connectivity index (χ3n) is 2.06. The molecule has 1 aromatic rings. The Bertz CT molecular complexity index is 282. The summed E-state index contributed by atoms with van der Waals surface area (Å²) in [7, 11) is 0.207. The summed E-state index contributed by atoms with van der Waals surface area (Å²) in [5.74, 6) is 0. The zero-order valence-corrected chi connectivity index (χ0v) is 8.61. The monoisotopic (exact) mass is 180 g/mol. The van der Waals surface area contributed by atoms with Gasteiger partial charge in [-0.15, -0.1) is 0 Å². The molecule has 0 aliphatic carbocycles. The van der Waals surface area contributed by atoms with Crippen LogP contribution in [0.3, 0.4) is 0 Å². The van der Waals surface area contributed by atoms with E-state index in [1.54, 1.807) is 0 Å². The minimum Gasteiger partial charge on any atom is -0.275 e. The van der Waals surface area contributed by atoms with Crippen molar-refractivity contribution in [3.05, 3.63) is 34.4 Å². The van der Waals surface area contributed by atoms with E-state index in [-0.39, 0.29) is 8.46 Å². The molecule has 0 atom stereocenters. The number of hydrogen-bond donors (Lipinski definition) is 0. The number of hydrogen-bond acceptors (Lipinski definition) is 1. The SMILES string of the molecule is Cc1cc(C)c(CP=O)c(C)c1. The van der Waals surface area contributed by atoms with Gasteiger partial charge in [0, 0.05) is 0 Å². The largest absolute Gasteiger partial charge is 0.275 e. The molecule has 0 radical (unpaired) electrons. The maximum atomic E-state index is 10.5. The molecule has 0 spiro atoms. The Hall–Kier alpha value is -0.680. The lowest BCUT2D eigenvalue weighted by Gasteiger charge is -2.07. The van der Waals surface area contributed by atoms with Gasteiger partial charge in [-0.2, -0.15) is 0 Å². The van der Waals surface area contributed by atoms with Gasteiger partial charge in [-0.25, -0.2) is 0 Å². The van der Waals surface area contributed by atoms with Crippen LogP contribution in [-0.2, 0) is 10.7 Å². The van der Waals surface area contributed by atoms with Gasteiger partial charge in [0.25, 0.3) is 0 Å². The molecule has 0 N–H and O–H groups in total. The number of rotatable bonds is 2. The van der Waals surface area contributed by atoms with Crippen molar-refractivity contribution in [2.75, 3.05) is 0 Å². The van der Waals surface area contributed by atoms with E-state index in [1.807, 2.05) is 0 Å². The van der Waals surface area contributed by atoms with Crippen LogP contribution >= 0.6 is 8.46 Å². The van der Waals surface area contributed by atoms with Crippen molar-refractivity contribution in [1.82, 2.24) is 0 Å². The fraction of sp³-hybridized carbons (Fsp3) is 0.400. The van der Waals surface area contributed by atoms with Gasteiger partial charge in [0.15, 0.2) is 8.46 Å². The number of aryl methyl sites for hydroxylation is 3. The van der Waals surface area contributed by atoms with Gasteiger partial charge in [-0.3, -0.25) is 4.57 Å². The third kappa shape index (κ3) is 1.92. The highest BCUT2D eigenvalue weighted by atomic mass is 31.1. The Labute approximate surface area is 75.0 Å². The Morgan fingerprint density at radius 3 is 2.08 bits per heavy atom. The smallest absolute Gasteiger partial charge is 0.160 e. The van der Waals surface area contributed by atoms with Gasteiger partial charge in [0.05, 0.1) is 6.16 Å². The lowest BCUT2D eigenvalue weighted by molar-refractivity contribution is 0.598. The molecule has 0 saturated heterocycles. The number of benzene rings is 1. The van der Waals surface area contributed by atoms with Crippen molar-refractivity contribution in [3.63, 3.8) is 0 Å². The molecule has 0 heterocycles. The highest BCUT2D eigenvalue weighted by Gasteiger charge is 2.02. The second-order valence-electron chi connectivity index (χ2n) is 3.16. The van der Waals surface area contributed by atoms with Gasteiger partial charge in [0.2, 0.25) is 0 Å². The quantitative estimate of drug-likeness (QED) is 0.637. The molecule has 0 unspecified atom stereocenters. The minimum absolute atomic E-state index is 0.207. The zero-order chi connectivity index (χ0) is 9.14. The van der Waals surface area contributed by atoms with Crippen molar-refractivity contribution in [2.45, 2.75) is 26.9 Å². The second-order valence-corrected chi connectivity index (χ2v) is 3.74. The fourth-order valence-electron chi connectivity index (χ4n) is 1.52. The van der Waals surface area contributed by atoms with Crippen LogP contribution in [0, 0.1) is 20.8 Å². The van der Waals surface area contributed by atoms with E-state index < -0.39 is 0 Å². The van der Waals surface area contributed by atoms with Crippen LogP contribution in [0.2, 0.25) is 0 Å². The van der Waals surface area contributed by atoms with Gasteiger partial charge in [0.1, 0.15) is 0 Å². The van der Waals surface area contributed by atoms with Crippen LogP contribution in [0.1, 0.15) is 22.3 Å². The van der Waals surface area contributed by atoms with E-state index in [0.717, 1.165) is 0 Å². The second kappa shape index (κ2) is 3.82. The van der Waals surface area contributed by atoms with Gasteiger partial charge >= 0.3 is 0 Å². The van der Waals surface area contributed by atoms with E-state index in [2.05, 4.69) is 32.9 Å². The highest BCUT2D eigenvalue weighted by Crippen LogP contribution is 2.20. The molecule has 0 saturated carbocycles. The van der Waals surface area contributed by atoms with Crippen molar-refractivity contribution in [2.24, 2.45) is 0 Å². The predicted octanol–water partition coefficient (Wildman–Crippen LogP) is 3.40. The maximum absolute atomic E-state index is 10.5. The summed E-state index contributed by atoms with van der Waals surface area (Å²) in [6, 6.07) is 4.26. The van der Waals surface area contributed by atoms with Gasteiger partial charge in [-0.1, -0.05) is 17.7 Å². The Morgan fingerprint density at radius 2 is 1.67 bits per heavy atom. The molecule has 0 aromatic heterocycles. The third-order valence-corrected chi connectivity index (χ3v) is 2.51. The molecule has 0 amide bonds. The maximum Gasteiger partial charge on any atom is 0.160 e. The fourth-order valence-corrected chi connectivity index (χ4v) is 2.15. The molecule has 12 heavy (non-hydrogen) atoms. The van der Waals surface area contributed by atoms with Crippen molar-refractivity contribution >= 4 is 8.46 Å². The van der Waals surface area contributed by atoms with E-state index in [0.29, 0.717) is 6.16 Å². The van der Waals surface area contributed by atoms with Crippen LogP contribution in [0.5, 0.6) is 0 Å². The normalized spacial score (nSPS) is 10.6. The van der Waals surface area contributed by atoms with Gasteiger partial charge in [-0.05, 0) is 37.5 Å². The Kier molecular flexibility index (Phi) is 2.99. The summed E-state index contributed by atoms with van der Waals surface area (Å²) < 4.78 is 10.5. The van der Waals surface area contributed by atoms with Crippen molar-refractivity contribution < 1.29 is 4.57 Å². The summed E-state index contributed by atoms with van der Waals surface area (Å²) in [5, 5.41) is 0. The molecule has 0 fully saturated rings. The molecule has 1 nitrogen and oxygen atoms in total. The minimum atomic E-state index is 0.207. The summed E-state index contributed by atoms with van der Waals surface area (Å²) in [6.07, 6.45) is 0.637. The van der Waals surface area contributed by atoms with Crippen LogP contribution in [0.15, 0.2) is 12.1 Å². The summed E-state index contributed by atoms with van der Waals surface area (Å²) in [6.45, 7) is 6.22. The zero-order valence-electron chi connectivity index (χ0n) is 7.72. The van der Waals surface area contributed by atoms with E-state index >= 15 is 0 Å². The van der Waals surface area contributed by atoms with Crippen LogP contribution in [-0.4, -0.2) is 0 Å². The lowest BCUT2D eigenvalue weighted by Crippen LogP contribution is -1.91. The van der Waals surface area contributed by atoms with Crippen molar-refractivity contribution in [1.29, 1.82) is 0 Å². The first kappa shape index (κ1) is 9.41. The average molecular weight is 180 g/mol. The molecule has 1 rings (SSSR count). The molecule has 0 aliphatic heterocycles. The van der Waals surface area contributed by atoms with Crippen molar-refractivity contribution in [3.8, 4) is 0 Å². The van der Waals surface area contributed by atoms with E-state index in [4.69, 9.17) is 0 Å². The molecular weight excluding hydrogens is 167 g/mol. The molecular formula is C10H13OP. The first-order valence-corrected chi connectivity index (χ1v) is 5.00. The van der Waals surface area contributed by atoms with Gasteiger partial charge < -0.3 is 0 Å². The predicted molar refractivity (Wildman–Crippen MR) is 52.0 cm³/mol. The molecule has 64 valence electrons. The molecule has 1 aromatic carbocycles. The molecule has 0 aliphatic rings. The van der Waals surface area contributed by atoms with E-state index in [1.165, 1.54) is 22.3 Å². The van der Waals surface area contributed by atoms with E-state index in [9.17, 15) is 4.57 Å². The highest BCUT2D eigenvalue weighted by molar-refractivity contribution is 7.22. The first-order chi connectivity index (χ1) is 5.65. The van der Waals surface area contributed by atoms with Crippen LogP contribution < -0.4 is 0 Å². The summed E-state index contributed by atoms with van der Waals surface area (Å²) in [5.41, 5.74) is 4.99. The molecule has 0 bridgehead atoms.